The summed E-state index contributed by atoms with van der Waals surface area (Å²) in [5.41, 5.74) is 2.29. The molecule has 1 aliphatic heterocycles. The van der Waals surface area contributed by atoms with Gasteiger partial charge in [-0.2, -0.15) is 0 Å². The topological polar surface area (TPSA) is 44.8 Å². The van der Waals surface area contributed by atoms with E-state index in [9.17, 15) is 4.79 Å². The fraction of sp³-hybridized carbons (Fsp3) is 0.722. The molecule has 0 aromatic carbocycles. The van der Waals surface area contributed by atoms with Crippen LogP contribution in [0.1, 0.15) is 47.0 Å². The van der Waals surface area contributed by atoms with Gasteiger partial charge in [0.25, 0.3) is 0 Å². The first kappa shape index (κ1) is 15.8. The average molecular weight is 306 g/mol. The van der Waals surface area contributed by atoms with Crippen LogP contribution in [-0.2, 0) is 19.0 Å². The van der Waals surface area contributed by atoms with Crippen molar-refractivity contribution in [3.63, 3.8) is 0 Å². The molecule has 122 valence electrons. The minimum absolute atomic E-state index is 0.141. The zero-order chi connectivity index (χ0) is 16.0. The number of carbonyl (C=O) groups excluding carboxylic acids is 1. The molecule has 1 fully saturated rings. The van der Waals surface area contributed by atoms with Crippen LogP contribution < -0.4 is 0 Å². The SMILES string of the molecule is CC(=O)O[C@H]1C=C(C2(C)OCCO2)C[C@@]12C(C)=CCC[C@@H]2C. The van der Waals surface area contributed by atoms with E-state index in [0.717, 1.165) is 24.8 Å². The van der Waals surface area contributed by atoms with Gasteiger partial charge in [0.2, 0.25) is 0 Å². The van der Waals surface area contributed by atoms with Gasteiger partial charge in [0, 0.05) is 12.3 Å². The average Bonchev–Trinajstić information content (AvgIpc) is 3.03. The highest BCUT2D eigenvalue weighted by molar-refractivity contribution is 5.67. The van der Waals surface area contributed by atoms with Gasteiger partial charge in [-0.15, -0.1) is 0 Å². The quantitative estimate of drug-likeness (QED) is 0.579. The number of hydrogen-bond acceptors (Lipinski definition) is 4. The Balaban J connectivity index is 1.99. The highest BCUT2D eigenvalue weighted by Gasteiger charge is 2.54. The van der Waals surface area contributed by atoms with E-state index in [0.29, 0.717) is 19.1 Å². The molecule has 1 spiro atoms. The molecule has 3 rings (SSSR count). The van der Waals surface area contributed by atoms with Crippen molar-refractivity contribution >= 4 is 5.97 Å². The summed E-state index contributed by atoms with van der Waals surface area (Å²) in [6.07, 6.45) is 7.20. The highest BCUT2D eigenvalue weighted by Crippen LogP contribution is 2.56. The van der Waals surface area contributed by atoms with E-state index in [1.54, 1.807) is 0 Å². The Hall–Kier alpha value is -1.13. The van der Waals surface area contributed by atoms with Crippen LogP contribution >= 0.6 is 0 Å². The second-order valence-electron chi connectivity index (χ2n) is 6.95. The number of ether oxygens (including phenoxy) is 3. The summed E-state index contributed by atoms with van der Waals surface area (Å²) in [4.78, 5) is 11.6. The molecule has 0 bridgehead atoms. The third kappa shape index (κ3) is 2.33. The van der Waals surface area contributed by atoms with Crippen LogP contribution in [0.5, 0.6) is 0 Å². The lowest BCUT2D eigenvalue weighted by molar-refractivity contribution is -0.149. The molecular formula is C18H26O4. The summed E-state index contributed by atoms with van der Waals surface area (Å²) in [6.45, 7) is 9.12. The van der Waals surface area contributed by atoms with Gasteiger partial charge in [-0.3, -0.25) is 4.79 Å². The van der Waals surface area contributed by atoms with Crippen molar-refractivity contribution in [1.29, 1.82) is 0 Å². The first-order valence-electron chi connectivity index (χ1n) is 8.22. The van der Waals surface area contributed by atoms with Gasteiger partial charge in [-0.1, -0.05) is 18.6 Å². The van der Waals surface area contributed by atoms with E-state index in [1.807, 2.05) is 6.92 Å². The van der Waals surface area contributed by atoms with Gasteiger partial charge in [-0.05, 0) is 50.7 Å². The Kier molecular flexibility index (Phi) is 3.94. The molecule has 1 heterocycles. The fourth-order valence-electron chi connectivity index (χ4n) is 4.34. The Labute approximate surface area is 132 Å². The van der Waals surface area contributed by atoms with Crippen molar-refractivity contribution in [3.8, 4) is 0 Å². The number of carbonyl (C=O) groups is 1. The van der Waals surface area contributed by atoms with Gasteiger partial charge in [0.05, 0.1) is 13.2 Å². The molecule has 4 nitrogen and oxygen atoms in total. The Morgan fingerprint density at radius 3 is 2.64 bits per heavy atom. The van der Waals surface area contributed by atoms with E-state index in [2.05, 4.69) is 26.0 Å². The minimum Gasteiger partial charge on any atom is -0.457 e. The number of esters is 1. The summed E-state index contributed by atoms with van der Waals surface area (Å²) < 4.78 is 17.4. The van der Waals surface area contributed by atoms with Crippen LogP contribution in [0.3, 0.4) is 0 Å². The summed E-state index contributed by atoms with van der Waals surface area (Å²) in [7, 11) is 0. The van der Waals surface area contributed by atoms with Crippen LogP contribution in [0.15, 0.2) is 23.3 Å². The molecule has 3 atom stereocenters. The summed E-state index contributed by atoms with van der Waals surface area (Å²) >= 11 is 0. The maximum absolute atomic E-state index is 11.6. The molecule has 0 aromatic heterocycles. The van der Waals surface area contributed by atoms with Gasteiger partial charge in [0.1, 0.15) is 6.10 Å². The van der Waals surface area contributed by atoms with Crippen LogP contribution in [0, 0.1) is 11.3 Å². The standard InChI is InChI=1S/C18H26O4/c1-12-6-5-7-13(2)18(12)11-15(10-16(18)22-14(3)19)17(4)20-8-9-21-17/h6,10,13,16H,5,7-9,11H2,1-4H3/t13-,16-,18-/m0/s1. The van der Waals surface area contributed by atoms with Gasteiger partial charge >= 0.3 is 5.97 Å². The monoisotopic (exact) mass is 306 g/mol. The lowest BCUT2D eigenvalue weighted by atomic mass is 9.63. The Bertz CT molecular complexity index is 527. The lowest BCUT2D eigenvalue weighted by Gasteiger charge is -2.44. The molecule has 4 heteroatoms. The predicted molar refractivity (Wildman–Crippen MR) is 83.2 cm³/mol. The van der Waals surface area contributed by atoms with Crippen molar-refractivity contribution in [2.75, 3.05) is 13.2 Å². The smallest absolute Gasteiger partial charge is 0.303 e. The first-order chi connectivity index (χ1) is 10.4. The van der Waals surface area contributed by atoms with Crippen LogP contribution in [-0.4, -0.2) is 31.1 Å². The van der Waals surface area contributed by atoms with Crippen LogP contribution in [0.25, 0.3) is 0 Å². The van der Waals surface area contributed by atoms with Crippen molar-refractivity contribution in [2.45, 2.75) is 58.8 Å². The Morgan fingerprint density at radius 2 is 2.05 bits per heavy atom. The molecule has 0 unspecified atom stereocenters. The molecular weight excluding hydrogens is 280 g/mol. The van der Waals surface area contributed by atoms with Gasteiger partial charge in [-0.25, -0.2) is 0 Å². The molecule has 3 aliphatic rings. The zero-order valence-electron chi connectivity index (χ0n) is 14.0. The van der Waals surface area contributed by atoms with E-state index in [4.69, 9.17) is 14.2 Å². The molecule has 0 saturated carbocycles. The lowest BCUT2D eigenvalue weighted by Crippen LogP contribution is -2.42. The van der Waals surface area contributed by atoms with Crippen LogP contribution in [0.4, 0.5) is 0 Å². The largest absolute Gasteiger partial charge is 0.457 e. The number of hydrogen-bond donors (Lipinski definition) is 0. The third-order valence-electron chi connectivity index (χ3n) is 5.72. The molecule has 0 radical (unpaired) electrons. The van der Waals surface area contributed by atoms with Crippen molar-refractivity contribution in [2.24, 2.45) is 11.3 Å². The van der Waals surface area contributed by atoms with Crippen molar-refractivity contribution in [3.05, 3.63) is 23.3 Å². The molecule has 0 amide bonds. The van der Waals surface area contributed by atoms with E-state index >= 15 is 0 Å². The Morgan fingerprint density at radius 1 is 1.36 bits per heavy atom. The molecule has 0 N–H and O–H groups in total. The predicted octanol–water partition coefficient (Wildman–Crippen LogP) is 3.37. The van der Waals surface area contributed by atoms with Crippen molar-refractivity contribution < 1.29 is 19.0 Å². The van der Waals surface area contributed by atoms with E-state index < -0.39 is 5.79 Å². The second kappa shape index (κ2) is 5.50. The van der Waals surface area contributed by atoms with Crippen LogP contribution in [0.2, 0.25) is 0 Å². The normalized spacial score (nSPS) is 37.1. The molecule has 22 heavy (non-hydrogen) atoms. The summed E-state index contributed by atoms with van der Waals surface area (Å²) in [5.74, 6) is -0.439. The maximum Gasteiger partial charge on any atom is 0.303 e. The zero-order valence-corrected chi connectivity index (χ0v) is 14.0. The number of rotatable bonds is 2. The fourth-order valence-corrected chi connectivity index (χ4v) is 4.34. The minimum atomic E-state index is -0.667. The van der Waals surface area contributed by atoms with E-state index in [-0.39, 0.29) is 17.5 Å². The maximum atomic E-state index is 11.6. The summed E-state index contributed by atoms with van der Waals surface area (Å²) in [5, 5.41) is 0. The highest BCUT2D eigenvalue weighted by atomic mass is 16.7. The first-order valence-corrected chi connectivity index (χ1v) is 8.22. The molecule has 1 saturated heterocycles. The second-order valence-corrected chi connectivity index (χ2v) is 6.95. The molecule has 0 aromatic rings. The van der Waals surface area contributed by atoms with Gasteiger partial charge in [0.15, 0.2) is 5.79 Å². The van der Waals surface area contributed by atoms with Gasteiger partial charge < -0.3 is 14.2 Å². The number of allylic oxidation sites excluding steroid dienone is 1. The van der Waals surface area contributed by atoms with Crippen molar-refractivity contribution in [1.82, 2.24) is 0 Å². The molecule has 2 aliphatic carbocycles. The summed E-state index contributed by atoms with van der Waals surface area (Å²) in [6, 6.07) is 0. The van der Waals surface area contributed by atoms with E-state index in [1.165, 1.54) is 12.5 Å². The third-order valence-corrected chi connectivity index (χ3v) is 5.72.